The molecule has 0 fully saturated rings. The van der Waals surface area contributed by atoms with Crippen molar-refractivity contribution in [2.45, 2.75) is 33.1 Å². The highest BCUT2D eigenvalue weighted by atomic mass is 35.5. The lowest BCUT2D eigenvalue weighted by molar-refractivity contribution is -0.118. The van der Waals surface area contributed by atoms with Crippen LogP contribution in [0, 0.1) is 12.7 Å². The lowest BCUT2D eigenvalue weighted by Crippen LogP contribution is -2.26. The highest BCUT2D eigenvalue weighted by Gasteiger charge is 2.18. The standard InChI is InChI=1S/C20H24ClFN2O2/c1-11(2)19-17(25)6-5-13(20(19)22)8-15-12(3)7-14(9-16(15)21)24-10-18(26)23-4/h5-7,9,11,24-25H,8,10H2,1-4H3,(H,23,26). The fourth-order valence-corrected chi connectivity index (χ4v) is 3.21. The Hall–Kier alpha value is -2.27. The number of amides is 1. The minimum absolute atomic E-state index is 0.0298. The molecule has 26 heavy (non-hydrogen) atoms. The van der Waals surface area contributed by atoms with Crippen LogP contribution in [-0.4, -0.2) is 24.6 Å². The summed E-state index contributed by atoms with van der Waals surface area (Å²) < 4.78 is 14.8. The van der Waals surface area contributed by atoms with Crippen molar-refractivity contribution in [3.8, 4) is 5.75 Å². The third-order valence-electron chi connectivity index (χ3n) is 4.33. The topological polar surface area (TPSA) is 61.4 Å². The van der Waals surface area contributed by atoms with Gasteiger partial charge in [0.1, 0.15) is 11.6 Å². The maximum Gasteiger partial charge on any atom is 0.239 e. The van der Waals surface area contributed by atoms with Gasteiger partial charge in [0, 0.05) is 29.7 Å². The summed E-state index contributed by atoms with van der Waals surface area (Å²) in [6.45, 7) is 5.73. The Morgan fingerprint density at radius 2 is 2.00 bits per heavy atom. The molecule has 0 radical (unpaired) electrons. The average molecular weight is 379 g/mol. The predicted octanol–water partition coefficient (Wildman–Crippen LogP) is 4.37. The molecule has 0 aliphatic heterocycles. The fourth-order valence-electron chi connectivity index (χ4n) is 2.87. The number of halogens is 2. The maximum absolute atomic E-state index is 14.8. The van der Waals surface area contributed by atoms with Crippen LogP contribution in [0.1, 0.15) is 42.0 Å². The molecular formula is C20H24ClFN2O2. The van der Waals surface area contributed by atoms with Crippen LogP contribution in [0.3, 0.4) is 0 Å². The highest BCUT2D eigenvalue weighted by Crippen LogP contribution is 2.33. The number of phenolic OH excluding ortho intramolecular Hbond substituents is 1. The van der Waals surface area contributed by atoms with E-state index in [9.17, 15) is 14.3 Å². The molecule has 0 heterocycles. The van der Waals surface area contributed by atoms with Crippen LogP contribution >= 0.6 is 11.6 Å². The predicted molar refractivity (Wildman–Crippen MR) is 104 cm³/mol. The largest absolute Gasteiger partial charge is 0.508 e. The highest BCUT2D eigenvalue weighted by molar-refractivity contribution is 6.31. The lowest BCUT2D eigenvalue weighted by atomic mass is 9.94. The summed E-state index contributed by atoms with van der Waals surface area (Å²) in [5.74, 6) is -0.673. The molecule has 0 aliphatic rings. The first kappa shape index (κ1) is 20.0. The quantitative estimate of drug-likeness (QED) is 0.699. The fraction of sp³-hybridized carbons (Fsp3) is 0.350. The zero-order valence-electron chi connectivity index (χ0n) is 15.4. The molecule has 3 N–H and O–H groups in total. The normalized spacial score (nSPS) is 10.9. The van der Waals surface area contributed by atoms with Crippen LogP contribution < -0.4 is 10.6 Å². The Kier molecular flexibility index (Phi) is 6.48. The third-order valence-corrected chi connectivity index (χ3v) is 4.67. The van der Waals surface area contributed by atoms with Gasteiger partial charge in [-0.25, -0.2) is 4.39 Å². The SMILES string of the molecule is CNC(=O)CNc1cc(C)c(Cc2ccc(O)c(C(C)C)c2F)c(Cl)c1. The number of phenols is 1. The van der Waals surface area contributed by atoms with Gasteiger partial charge in [-0.2, -0.15) is 0 Å². The Balaban J connectivity index is 2.31. The van der Waals surface area contributed by atoms with Crippen molar-refractivity contribution < 1.29 is 14.3 Å². The van der Waals surface area contributed by atoms with Gasteiger partial charge in [-0.05, 0) is 47.7 Å². The van der Waals surface area contributed by atoms with Crippen LogP contribution in [0.15, 0.2) is 24.3 Å². The second-order valence-corrected chi connectivity index (χ2v) is 6.99. The van der Waals surface area contributed by atoms with Crippen molar-refractivity contribution in [2.75, 3.05) is 18.9 Å². The van der Waals surface area contributed by atoms with Gasteiger partial charge in [0.25, 0.3) is 0 Å². The Morgan fingerprint density at radius 1 is 1.31 bits per heavy atom. The molecule has 2 aromatic carbocycles. The van der Waals surface area contributed by atoms with Crippen molar-refractivity contribution >= 4 is 23.2 Å². The number of benzene rings is 2. The smallest absolute Gasteiger partial charge is 0.239 e. The number of aryl methyl sites for hydroxylation is 1. The molecule has 0 unspecified atom stereocenters. The summed E-state index contributed by atoms with van der Waals surface area (Å²) in [5, 5.41) is 16.0. The number of nitrogens with one attached hydrogen (secondary N) is 2. The first-order valence-electron chi connectivity index (χ1n) is 8.48. The van der Waals surface area contributed by atoms with Gasteiger partial charge in [-0.1, -0.05) is 31.5 Å². The van der Waals surface area contributed by atoms with Crippen LogP contribution in [0.2, 0.25) is 5.02 Å². The number of rotatable bonds is 6. The summed E-state index contributed by atoms with van der Waals surface area (Å²) >= 11 is 6.41. The maximum atomic E-state index is 14.8. The van der Waals surface area contributed by atoms with Crippen molar-refractivity contribution in [1.82, 2.24) is 5.32 Å². The first-order chi connectivity index (χ1) is 12.2. The van der Waals surface area contributed by atoms with E-state index in [2.05, 4.69) is 10.6 Å². The van der Waals surface area contributed by atoms with Crippen LogP contribution in [-0.2, 0) is 11.2 Å². The molecule has 4 nitrogen and oxygen atoms in total. The first-order valence-corrected chi connectivity index (χ1v) is 8.86. The van der Waals surface area contributed by atoms with Crippen molar-refractivity contribution in [1.29, 1.82) is 0 Å². The van der Waals surface area contributed by atoms with Gasteiger partial charge in [0.15, 0.2) is 0 Å². The summed E-state index contributed by atoms with van der Waals surface area (Å²) in [6.07, 6.45) is 0.326. The Labute approximate surface area is 158 Å². The number of anilines is 1. The van der Waals surface area contributed by atoms with E-state index in [1.54, 1.807) is 19.2 Å². The van der Waals surface area contributed by atoms with Gasteiger partial charge in [-0.15, -0.1) is 0 Å². The van der Waals surface area contributed by atoms with E-state index in [0.717, 1.165) is 16.8 Å². The summed E-state index contributed by atoms with van der Waals surface area (Å²) in [5.41, 5.74) is 3.25. The Morgan fingerprint density at radius 3 is 2.58 bits per heavy atom. The van der Waals surface area contributed by atoms with Crippen LogP contribution in [0.4, 0.5) is 10.1 Å². The number of carbonyl (C=O) groups is 1. The number of likely N-dealkylation sites (N-methyl/N-ethyl adjacent to an activating group) is 1. The number of aromatic hydroxyl groups is 1. The molecule has 2 rings (SSSR count). The molecule has 1 amide bonds. The molecule has 6 heteroatoms. The van der Waals surface area contributed by atoms with Gasteiger partial charge >= 0.3 is 0 Å². The Bertz CT molecular complexity index is 799. The summed E-state index contributed by atoms with van der Waals surface area (Å²) in [4.78, 5) is 11.3. The van der Waals surface area contributed by atoms with E-state index >= 15 is 0 Å². The molecule has 0 saturated carbocycles. The second-order valence-electron chi connectivity index (χ2n) is 6.58. The molecule has 0 aliphatic carbocycles. The zero-order valence-corrected chi connectivity index (χ0v) is 16.2. The molecule has 0 atom stereocenters. The van der Waals surface area contributed by atoms with Crippen molar-refractivity contribution in [3.63, 3.8) is 0 Å². The summed E-state index contributed by atoms with van der Waals surface area (Å²) in [7, 11) is 1.57. The van der Waals surface area contributed by atoms with E-state index in [4.69, 9.17) is 11.6 Å². The van der Waals surface area contributed by atoms with Gasteiger partial charge in [0.05, 0.1) is 6.54 Å². The summed E-state index contributed by atoms with van der Waals surface area (Å²) in [6, 6.07) is 6.72. The van der Waals surface area contributed by atoms with E-state index in [1.165, 1.54) is 6.07 Å². The van der Waals surface area contributed by atoms with Crippen LogP contribution in [0.25, 0.3) is 0 Å². The van der Waals surface area contributed by atoms with Crippen LogP contribution in [0.5, 0.6) is 5.75 Å². The van der Waals surface area contributed by atoms with E-state index in [-0.39, 0.29) is 24.1 Å². The molecular weight excluding hydrogens is 355 g/mol. The number of hydrogen-bond acceptors (Lipinski definition) is 3. The third kappa shape index (κ3) is 4.47. The minimum atomic E-state index is -0.391. The monoisotopic (exact) mass is 378 g/mol. The van der Waals surface area contributed by atoms with Crippen molar-refractivity contribution in [3.05, 3.63) is 57.4 Å². The van der Waals surface area contributed by atoms with Gasteiger partial charge in [0.2, 0.25) is 5.91 Å². The minimum Gasteiger partial charge on any atom is -0.508 e. The molecule has 0 spiro atoms. The van der Waals surface area contributed by atoms with Gasteiger partial charge < -0.3 is 15.7 Å². The number of hydrogen-bond donors (Lipinski definition) is 3. The van der Waals surface area contributed by atoms with Gasteiger partial charge in [-0.3, -0.25) is 4.79 Å². The zero-order chi connectivity index (χ0) is 19.4. The second kappa shape index (κ2) is 8.41. The van der Waals surface area contributed by atoms with Crippen molar-refractivity contribution in [2.24, 2.45) is 0 Å². The average Bonchev–Trinajstić information content (AvgIpc) is 2.57. The molecule has 0 saturated heterocycles. The molecule has 0 aromatic heterocycles. The molecule has 2 aromatic rings. The molecule has 0 bridgehead atoms. The molecule has 140 valence electrons. The number of carbonyl (C=O) groups excluding carboxylic acids is 1. The van der Waals surface area contributed by atoms with E-state index in [1.807, 2.05) is 26.8 Å². The lowest BCUT2D eigenvalue weighted by Gasteiger charge is -2.16. The van der Waals surface area contributed by atoms with E-state index < -0.39 is 5.82 Å². The van der Waals surface area contributed by atoms with E-state index in [0.29, 0.717) is 22.6 Å².